The molecule has 5 nitrogen and oxygen atoms in total. The van der Waals surface area contributed by atoms with Crippen molar-refractivity contribution in [2.24, 2.45) is 0 Å². The number of rotatable bonds is 7. The quantitative estimate of drug-likeness (QED) is 0.288. The van der Waals surface area contributed by atoms with E-state index in [0.717, 1.165) is 12.1 Å². The van der Waals surface area contributed by atoms with Gasteiger partial charge in [-0.05, 0) is 73.2 Å². The van der Waals surface area contributed by atoms with Gasteiger partial charge < -0.3 is 14.9 Å². The number of halogens is 12. The van der Waals surface area contributed by atoms with Crippen LogP contribution in [0, 0.1) is 0 Å². The van der Waals surface area contributed by atoms with Gasteiger partial charge in [0.1, 0.15) is 11.4 Å². The molecule has 0 aliphatic heterocycles. The van der Waals surface area contributed by atoms with E-state index in [0.29, 0.717) is 24.3 Å². The maximum absolute atomic E-state index is 13.6. The van der Waals surface area contributed by atoms with E-state index >= 15 is 0 Å². The summed E-state index contributed by atoms with van der Waals surface area (Å²) in [5, 5.41) is 19.6. The molecule has 0 spiro atoms. The fraction of sp³-hybridized carbons (Fsp3) is 0.571. The molecular formula is C28H30F12O5S. The Kier molecular flexibility index (Phi) is 10.1. The van der Waals surface area contributed by atoms with Crippen molar-refractivity contribution in [3.05, 3.63) is 53.1 Å². The molecule has 0 radical (unpaired) electrons. The number of hydrogen-bond acceptors (Lipinski definition) is 5. The molecule has 18 heteroatoms. The van der Waals surface area contributed by atoms with Gasteiger partial charge in [0.15, 0.2) is 0 Å². The van der Waals surface area contributed by atoms with Gasteiger partial charge in [0.25, 0.3) is 11.2 Å². The maximum Gasteiger partial charge on any atom is 0.426 e. The molecule has 0 aliphatic rings. The Hall–Kier alpha value is -2.73. The SMILES string of the molecule is CC(C)(C)Oc1ccc(S(=O)(=O)c2ccc(C(C)(C)C)c(CC(O)(C(F)(F)F)C(F)(F)F)c2)cc1CC(O)(C(F)(F)F)C(F)(F)F. The first-order valence-corrected chi connectivity index (χ1v) is 14.5. The second-order valence-corrected chi connectivity index (χ2v) is 14.6. The summed E-state index contributed by atoms with van der Waals surface area (Å²) in [7, 11) is -5.10. The van der Waals surface area contributed by atoms with Gasteiger partial charge in [0.2, 0.25) is 9.84 Å². The third kappa shape index (κ3) is 7.86. The molecule has 0 fully saturated rings. The van der Waals surface area contributed by atoms with Gasteiger partial charge in [-0.25, -0.2) is 8.42 Å². The Bertz CT molecular complexity index is 1500. The number of benzene rings is 2. The predicted octanol–water partition coefficient (Wildman–Crippen LogP) is 7.79. The van der Waals surface area contributed by atoms with Crippen LogP contribution >= 0.6 is 0 Å². The zero-order chi connectivity index (χ0) is 36.3. The van der Waals surface area contributed by atoms with Crippen molar-refractivity contribution in [1.29, 1.82) is 0 Å². The molecule has 0 saturated carbocycles. The summed E-state index contributed by atoms with van der Waals surface area (Å²) >= 11 is 0. The predicted molar refractivity (Wildman–Crippen MR) is 139 cm³/mol. The normalized spacial score (nSPS) is 14.9. The van der Waals surface area contributed by atoms with Crippen LogP contribution in [0.5, 0.6) is 5.75 Å². The van der Waals surface area contributed by atoms with Crippen LogP contribution in [0.2, 0.25) is 0 Å². The summed E-state index contributed by atoms with van der Waals surface area (Å²) in [6.45, 7) is 8.14. The smallest absolute Gasteiger partial charge is 0.426 e. The maximum atomic E-state index is 13.6. The van der Waals surface area contributed by atoms with Crippen LogP contribution < -0.4 is 4.74 Å². The molecule has 2 aromatic carbocycles. The molecule has 0 atom stereocenters. The van der Waals surface area contributed by atoms with Crippen molar-refractivity contribution in [2.45, 2.75) is 111 Å². The van der Waals surface area contributed by atoms with E-state index in [1.807, 2.05) is 0 Å². The Balaban J connectivity index is 2.88. The molecule has 2 N–H and O–H groups in total. The lowest BCUT2D eigenvalue weighted by Gasteiger charge is -2.34. The summed E-state index contributed by atoms with van der Waals surface area (Å²) in [5.41, 5.74) is -15.5. The van der Waals surface area contributed by atoms with Crippen molar-refractivity contribution in [1.82, 2.24) is 0 Å². The van der Waals surface area contributed by atoms with Crippen LogP contribution in [-0.4, -0.2) is 60.1 Å². The third-order valence-corrected chi connectivity index (χ3v) is 8.47. The molecule has 2 aromatic rings. The van der Waals surface area contributed by atoms with Crippen LogP contribution in [0.25, 0.3) is 0 Å². The summed E-state index contributed by atoms with van der Waals surface area (Å²) in [4.78, 5) is -2.04. The zero-order valence-electron chi connectivity index (χ0n) is 24.9. The Morgan fingerprint density at radius 3 is 1.28 bits per heavy atom. The Labute approximate surface area is 256 Å². The van der Waals surface area contributed by atoms with Crippen LogP contribution in [0.4, 0.5) is 52.7 Å². The van der Waals surface area contributed by atoms with Crippen LogP contribution in [0.1, 0.15) is 58.2 Å². The first kappa shape index (κ1) is 39.4. The number of hydrogen-bond donors (Lipinski definition) is 2. The van der Waals surface area contributed by atoms with Crippen molar-refractivity contribution < 1.29 is 76.1 Å². The van der Waals surface area contributed by atoms with Gasteiger partial charge >= 0.3 is 24.7 Å². The lowest BCUT2D eigenvalue weighted by atomic mass is 9.80. The summed E-state index contributed by atoms with van der Waals surface area (Å²) in [5.74, 6) is -0.692. The van der Waals surface area contributed by atoms with Gasteiger partial charge in [-0.2, -0.15) is 52.7 Å². The van der Waals surface area contributed by atoms with Crippen LogP contribution in [0.3, 0.4) is 0 Å². The van der Waals surface area contributed by atoms with Crippen molar-refractivity contribution >= 4 is 9.84 Å². The standard InChI is InChI=1S/C28H30F12O5S/c1-21(2,3)19-9-7-17(11-15(19)13-23(41,25(29,30)31)26(32,33)34)46(43,44)18-8-10-20(45-22(4,5)6)16(12-18)14-24(42,27(35,36)37)28(38,39)40/h7-12,41-42H,13-14H2,1-6H3. The number of ether oxygens (including phenoxy) is 1. The Morgan fingerprint density at radius 1 is 0.587 bits per heavy atom. The highest BCUT2D eigenvalue weighted by atomic mass is 32.2. The highest BCUT2D eigenvalue weighted by Crippen LogP contribution is 2.48. The first-order valence-electron chi connectivity index (χ1n) is 13.0. The molecule has 0 unspecified atom stereocenters. The second-order valence-electron chi connectivity index (χ2n) is 12.6. The number of aliphatic hydroxyl groups is 2. The largest absolute Gasteiger partial charge is 0.488 e. The highest BCUT2D eigenvalue weighted by Gasteiger charge is 2.71. The zero-order valence-corrected chi connectivity index (χ0v) is 25.8. The minimum atomic E-state index is -6.31. The fourth-order valence-electron chi connectivity index (χ4n) is 4.32. The molecule has 0 aromatic heterocycles. The fourth-order valence-corrected chi connectivity index (χ4v) is 5.68. The molecule has 0 bridgehead atoms. The average molecular weight is 707 g/mol. The van der Waals surface area contributed by atoms with Gasteiger partial charge in [0.05, 0.1) is 9.79 Å². The van der Waals surface area contributed by atoms with E-state index in [-0.39, 0.29) is 5.56 Å². The first-order chi connectivity index (χ1) is 20.1. The van der Waals surface area contributed by atoms with Crippen molar-refractivity contribution in [3.63, 3.8) is 0 Å². The van der Waals surface area contributed by atoms with E-state index in [2.05, 4.69) is 0 Å². The molecular weight excluding hydrogens is 676 g/mol. The minimum Gasteiger partial charge on any atom is -0.488 e. The van der Waals surface area contributed by atoms with E-state index in [1.165, 1.54) is 41.5 Å². The van der Waals surface area contributed by atoms with E-state index in [1.54, 1.807) is 0 Å². The van der Waals surface area contributed by atoms with E-state index in [4.69, 9.17) is 4.74 Å². The van der Waals surface area contributed by atoms with Gasteiger partial charge in [0, 0.05) is 12.8 Å². The second kappa shape index (κ2) is 11.8. The van der Waals surface area contributed by atoms with E-state index < -0.39 is 96.3 Å². The minimum absolute atomic E-state index is 0.242. The molecule has 0 amide bonds. The summed E-state index contributed by atoms with van der Waals surface area (Å²) in [6.07, 6.45) is -29.7. The van der Waals surface area contributed by atoms with E-state index in [9.17, 15) is 71.3 Å². The topological polar surface area (TPSA) is 83.8 Å². The molecule has 262 valence electrons. The van der Waals surface area contributed by atoms with Gasteiger partial charge in [-0.1, -0.05) is 26.8 Å². The summed E-state index contributed by atoms with van der Waals surface area (Å²) in [6, 6.07) is 3.73. The summed E-state index contributed by atoms with van der Waals surface area (Å²) < 4.78 is 195. The van der Waals surface area contributed by atoms with Gasteiger partial charge in [-0.3, -0.25) is 0 Å². The van der Waals surface area contributed by atoms with Gasteiger partial charge in [-0.15, -0.1) is 0 Å². The molecule has 0 aliphatic carbocycles. The van der Waals surface area contributed by atoms with Crippen LogP contribution in [0.15, 0.2) is 46.2 Å². The average Bonchev–Trinajstić information content (AvgIpc) is 2.80. The highest BCUT2D eigenvalue weighted by molar-refractivity contribution is 7.91. The van der Waals surface area contributed by atoms with Crippen molar-refractivity contribution in [2.75, 3.05) is 0 Å². The Morgan fingerprint density at radius 2 is 0.935 bits per heavy atom. The van der Waals surface area contributed by atoms with Crippen LogP contribution in [-0.2, 0) is 28.1 Å². The monoisotopic (exact) mass is 706 g/mol. The molecule has 46 heavy (non-hydrogen) atoms. The lowest BCUT2D eigenvalue weighted by Crippen LogP contribution is -2.58. The number of sulfone groups is 1. The molecule has 2 rings (SSSR count). The third-order valence-electron chi connectivity index (χ3n) is 6.72. The van der Waals surface area contributed by atoms with Crippen molar-refractivity contribution in [3.8, 4) is 5.75 Å². The lowest BCUT2D eigenvalue weighted by molar-refractivity contribution is -0.368. The molecule has 0 heterocycles. The number of alkyl halides is 12. The molecule has 0 saturated heterocycles.